The quantitative estimate of drug-likeness (QED) is 0.481. The van der Waals surface area contributed by atoms with Gasteiger partial charge in [0, 0.05) is 17.0 Å². The number of hydrogen-bond donors (Lipinski definition) is 0. The monoisotopic (exact) mass is 413 g/mol. The summed E-state index contributed by atoms with van der Waals surface area (Å²) < 4.78 is 12.5. The van der Waals surface area contributed by atoms with Crippen molar-refractivity contribution in [1.82, 2.24) is 14.5 Å². The SMILES string of the molecule is COc1cc(OC)cc(-c2ccc3cnn(PI)c3n2)c1. The van der Waals surface area contributed by atoms with Crippen LogP contribution in [0, 0.1) is 0 Å². The Labute approximate surface area is 137 Å². The maximum Gasteiger partial charge on any atom is 0.162 e. The summed E-state index contributed by atoms with van der Waals surface area (Å²) in [6.45, 7) is 0. The topological polar surface area (TPSA) is 49.2 Å². The van der Waals surface area contributed by atoms with E-state index in [2.05, 4.69) is 27.1 Å². The first-order valence-corrected chi connectivity index (χ1v) is 10.3. The van der Waals surface area contributed by atoms with Gasteiger partial charge in [-0.2, -0.15) is 5.10 Å². The van der Waals surface area contributed by atoms with Crippen LogP contribution < -0.4 is 9.47 Å². The number of ether oxygens (including phenoxy) is 2. The number of methoxy groups -OCH3 is 2. The highest BCUT2D eigenvalue weighted by atomic mass is 127. The van der Waals surface area contributed by atoms with Crippen LogP contribution in [0.4, 0.5) is 0 Å². The molecule has 108 valence electrons. The van der Waals surface area contributed by atoms with E-state index < -0.39 is 0 Å². The molecule has 2 heterocycles. The number of rotatable bonds is 4. The Hall–Kier alpha value is -1.40. The fraction of sp³-hybridized carbons (Fsp3) is 0.143. The Kier molecular flexibility index (Phi) is 4.26. The lowest BCUT2D eigenvalue weighted by Crippen LogP contribution is -1.92. The summed E-state index contributed by atoms with van der Waals surface area (Å²) in [6.07, 6.45) is 2.36. The van der Waals surface area contributed by atoms with Gasteiger partial charge < -0.3 is 9.47 Å². The van der Waals surface area contributed by atoms with Crippen LogP contribution in [-0.4, -0.2) is 28.8 Å². The third kappa shape index (κ3) is 2.82. The Bertz CT molecular complexity index is 769. The molecule has 0 saturated heterocycles. The van der Waals surface area contributed by atoms with Crippen molar-refractivity contribution in [2.75, 3.05) is 14.2 Å². The molecule has 0 aliphatic carbocycles. The Balaban J connectivity index is 2.15. The normalized spacial score (nSPS) is 11.4. The molecule has 0 radical (unpaired) electrons. The minimum Gasteiger partial charge on any atom is -0.497 e. The maximum absolute atomic E-state index is 5.31. The van der Waals surface area contributed by atoms with Crippen molar-refractivity contribution in [2.24, 2.45) is 0 Å². The van der Waals surface area contributed by atoms with Crippen molar-refractivity contribution in [2.45, 2.75) is 0 Å². The van der Waals surface area contributed by atoms with Crippen molar-refractivity contribution < 1.29 is 9.47 Å². The van der Waals surface area contributed by atoms with Gasteiger partial charge in [0.25, 0.3) is 0 Å². The van der Waals surface area contributed by atoms with E-state index in [-0.39, 0.29) is 0 Å². The molecule has 0 spiro atoms. The lowest BCUT2D eigenvalue weighted by atomic mass is 10.1. The molecule has 0 bridgehead atoms. The molecule has 1 aromatic carbocycles. The molecular weight excluding hydrogens is 400 g/mol. The Morgan fingerprint density at radius 1 is 1.10 bits per heavy atom. The number of halogens is 1. The van der Waals surface area contributed by atoms with Crippen molar-refractivity contribution in [3.8, 4) is 22.8 Å². The minimum absolute atomic E-state index is 0.521. The van der Waals surface area contributed by atoms with Crippen LogP contribution in [0.15, 0.2) is 36.5 Å². The van der Waals surface area contributed by atoms with E-state index in [0.717, 1.165) is 33.8 Å². The Morgan fingerprint density at radius 2 is 1.81 bits per heavy atom. The first-order valence-electron chi connectivity index (χ1n) is 6.20. The fourth-order valence-electron chi connectivity index (χ4n) is 2.08. The average molecular weight is 413 g/mol. The maximum atomic E-state index is 5.31. The van der Waals surface area contributed by atoms with E-state index in [1.54, 1.807) is 14.2 Å². The van der Waals surface area contributed by atoms with E-state index >= 15 is 0 Å². The summed E-state index contributed by atoms with van der Waals surface area (Å²) >= 11 is 2.30. The molecule has 5 nitrogen and oxygen atoms in total. The first-order chi connectivity index (χ1) is 10.2. The summed E-state index contributed by atoms with van der Waals surface area (Å²) in [4.78, 5) is 4.72. The summed E-state index contributed by atoms with van der Waals surface area (Å²) in [7, 11) is 3.28. The summed E-state index contributed by atoms with van der Waals surface area (Å²) in [6, 6.07) is 9.76. The number of hydrogen-bond acceptors (Lipinski definition) is 4. The van der Waals surface area contributed by atoms with E-state index in [1.165, 1.54) is 0 Å². The van der Waals surface area contributed by atoms with Crippen LogP contribution in [0.3, 0.4) is 0 Å². The second-order valence-corrected chi connectivity index (χ2v) is 6.39. The molecule has 3 rings (SSSR count). The molecule has 1 unspecified atom stereocenters. The second-order valence-electron chi connectivity index (χ2n) is 4.35. The van der Waals surface area contributed by atoms with Gasteiger partial charge in [-0.3, -0.25) is 0 Å². The zero-order chi connectivity index (χ0) is 14.8. The number of aromatic nitrogens is 3. The van der Waals surface area contributed by atoms with Crippen LogP contribution in [0.1, 0.15) is 0 Å². The molecule has 0 N–H and O–H groups in total. The molecule has 2 aromatic heterocycles. The van der Waals surface area contributed by atoms with Crippen LogP contribution in [0.25, 0.3) is 22.3 Å². The molecule has 3 aromatic rings. The third-order valence-electron chi connectivity index (χ3n) is 3.15. The van der Waals surface area contributed by atoms with Gasteiger partial charge in [-0.1, -0.05) is 0 Å². The predicted octanol–water partition coefficient (Wildman–Crippen LogP) is 3.91. The fourth-order valence-corrected chi connectivity index (χ4v) is 3.50. The molecule has 7 heteroatoms. The first kappa shape index (κ1) is 14.5. The largest absolute Gasteiger partial charge is 0.497 e. The molecule has 0 fully saturated rings. The number of fused-ring (bicyclic) bond motifs is 1. The van der Waals surface area contributed by atoms with Gasteiger partial charge >= 0.3 is 0 Å². The van der Waals surface area contributed by atoms with E-state index in [4.69, 9.17) is 14.5 Å². The van der Waals surface area contributed by atoms with Gasteiger partial charge in [-0.25, -0.2) is 9.44 Å². The van der Waals surface area contributed by atoms with E-state index in [9.17, 15) is 0 Å². The molecule has 0 aliphatic rings. The molecule has 21 heavy (non-hydrogen) atoms. The predicted molar refractivity (Wildman–Crippen MR) is 93.8 cm³/mol. The van der Waals surface area contributed by atoms with Crippen LogP contribution in [0.2, 0.25) is 0 Å². The number of nitrogens with zero attached hydrogens (tertiary/aromatic N) is 3. The average Bonchev–Trinajstić information content (AvgIpc) is 2.96. The smallest absolute Gasteiger partial charge is 0.162 e. The molecule has 0 aliphatic heterocycles. The van der Waals surface area contributed by atoms with E-state index in [0.29, 0.717) is 6.37 Å². The Morgan fingerprint density at radius 3 is 2.43 bits per heavy atom. The summed E-state index contributed by atoms with van der Waals surface area (Å²) in [5.41, 5.74) is 2.72. The van der Waals surface area contributed by atoms with Crippen molar-refractivity contribution in [3.63, 3.8) is 0 Å². The zero-order valence-corrected chi connectivity index (χ0v) is 14.7. The number of pyridine rings is 1. The van der Waals surface area contributed by atoms with Gasteiger partial charge in [-0.15, -0.1) is 0 Å². The van der Waals surface area contributed by atoms with Crippen molar-refractivity contribution >= 4 is 39.4 Å². The highest BCUT2D eigenvalue weighted by Crippen LogP contribution is 2.31. The number of benzene rings is 1. The van der Waals surface area contributed by atoms with Crippen LogP contribution in [0.5, 0.6) is 11.5 Å². The highest BCUT2D eigenvalue weighted by molar-refractivity contribution is 14.2. The molecular formula is C14H13IN3O2P. The minimum atomic E-state index is 0.521. The van der Waals surface area contributed by atoms with Gasteiger partial charge in [-0.05, 0) is 46.3 Å². The second kappa shape index (κ2) is 6.15. The molecule has 0 amide bonds. The lowest BCUT2D eigenvalue weighted by molar-refractivity contribution is 0.394. The lowest BCUT2D eigenvalue weighted by Gasteiger charge is -2.08. The summed E-state index contributed by atoms with van der Waals surface area (Å²) in [5, 5.41) is 5.37. The van der Waals surface area contributed by atoms with Crippen LogP contribution >= 0.6 is 28.4 Å². The van der Waals surface area contributed by atoms with E-state index in [1.807, 2.05) is 41.0 Å². The summed E-state index contributed by atoms with van der Waals surface area (Å²) in [5.74, 6) is 1.49. The zero-order valence-electron chi connectivity index (χ0n) is 11.5. The van der Waals surface area contributed by atoms with Gasteiger partial charge in [0.2, 0.25) is 0 Å². The van der Waals surface area contributed by atoms with Crippen LogP contribution in [-0.2, 0) is 0 Å². The third-order valence-corrected chi connectivity index (χ3v) is 5.00. The van der Waals surface area contributed by atoms with Crippen molar-refractivity contribution in [3.05, 3.63) is 36.5 Å². The van der Waals surface area contributed by atoms with Gasteiger partial charge in [0.15, 0.2) is 5.65 Å². The highest BCUT2D eigenvalue weighted by Gasteiger charge is 2.09. The molecule has 0 saturated carbocycles. The van der Waals surface area contributed by atoms with Gasteiger partial charge in [0.05, 0.1) is 32.5 Å². The standard InChI is InChI=1S/C14H13IN3O2P/c1-19-11-5-10(6-12(7-11)20-2)13-4-3-9-8-16-18(21-15)14(9)17-13/h3-8,21H,1-2H3. The van der Waals surface area contributed by atoms with Crippen molar-refractivity contribution in [1.29, 1.82) is 0 Å². The van der Waals surface area contributed by atoms with Gasteiger partial charge in [0.1, 0.15) is 11.5 Å². The molecule has 1 atom stereocenters.